The van der Waals surface area contributed by atoms with Crippen LogP contribution in [0.25, 0.3) is 33.9 Å². The van der Waals surface area contributed by atoms with Crippen LogP contribution in [0.1, 0.15) is 0 Å². The number of nitrogens with zero attached hydrogens (tertiary/aromatic N) is 4. The lowest BCUT2D eigenvalue weighted by Gasteiger charge is -2.38. The van der Waals surface area contributed by atoms with Crippen LogP contribution in [0.3, 0.4) is 0 Å². The second-order valence-corrected chi connectivity index (χ2v) is 10.9. The van der Waals surface area contributed by atoms with Crippen LogP contribution in [0.15, 0.2) is 146 Å². The Morgan fingerprint density at radius 3 is 1.54 bits per heavy atom. The summed E-state index contributed by atoms with van der Waals surface area (Å²) in [6, 6.07) is 47.8. The van der Waals surface area contributed by atoms with Gasteiger partial charge in [0.25, 0.3) is 0 Å². The maximum absolute atomic E-state index is 6.50. The fourth-order valence-electron chi connectivity index (χ4n) is 5.91. The molecule has 7 nitrogen and oxygen atoms in total. The Morgan fingerprint density at radius 2 is 0.957 bits per heavy atom. The number of fused-ring (bicyclic) bond motifs is 4. The van der Waals surface area contributed by atoms with E-state index in [2.05, 4.69) is 17.0 Å². The summed E-state index contributed by atoms with van der Waals surface area (Å²) in [7, 11) is 0. The standard InChI is InChI=1S/C39H24N4O3/c1-3-13-25(14-4-1)37-40-38(26-15-5-2-6-16-26)42-39(41-37)46-31-20-10-7-17-28(31)27-23-34-36-35(24-27)45-33-22-12-9-19-30(33)43(36)29-18-8-11-21-32(29)44-34/h1-24H. The molecule has 0 bridgehead atoms. The summed E-state index contributed by atoms with van der Waals surface area (Å²) >= 11 is 0. The van der Waals surface area contributed by atoms with E-state index in [4.69, 9.17) is 29.2 Å². The van der Waals surface area contributed by atoms with Crippen LogP contribution in [0.2, 0.25) is 0 Å². The lowest BCUT2D eigenvalue weighted by Crippen LogP contribution is -2.20. The molecule has 0 amide bonds. The molecule has 0 spiro atoms. The van der Waals surface area contributed by atoms with E-state index in [9.17, 15) is 0 Å². The van der Waals surface area contributed by atoms with Crippen LogP contribution in [-0.2, 0) is 0 Å². The van der Waals surface area contributed by atoms with E-state index in [1.54, 1.807) is 0 Å². The quantitative estimate of drug-likeness (QED) is 0.196. The average Bonchev–Trinajstić information content (AvgIpc) is 3.12. The van der Waals surface area contributed by atoms with Crippen molar-refractivity contribution in [2.24, 2.45) is 0 Å². The van der Waals surface area contributed by atoms with Gasteiger partial charge in [0.1, 0.15) is 11.4 Å². The fraction of sp³-hybridized carbons (Fsp3) is 0. The molecule has 7 heteroatoms. The van der Waals surface area contributed by atoms with Gasteiger partial charge in [-0.15, -0.1) is 0 Å². The number of benzene rings is 6. The number of rotatable bonds is 5. The molecule has 0 N–H and O–H groups in total. The first-order valence-electron chi connectivity index (χ1n) is 14.9. The molecule has 46 heavy (non-hydrogen) atoms. The molecule has 1 aromatic heterocycles. The summed E-state index contributed by atoms with van der Waals surface area (Å²) in [6.07, 6.45) is 0. The highest BCUT2D eigenvalue weighted by Gasteiger charge is 2.35. The van der Waals surface area contributed by atoms with E-state index in [1.165, 1.54) is 0 Å². The second kappa shape index (κ2) is 10.6. The molecule has 0 atom stereocenters. The fourth-order valence-corrected chi connectivity index (χ4v) is 5.91. The number of hydrogen-bond acceptors (Lipinski definition) is 7. The van der Waals surface area contributed by atoms with Crippen molar-refractivity contribution < 1.29 is 14.2 Å². The third-order valence-corrected chi connectivity index (χ3v) is 7.99. The van der Waals surface area contributed by atoms with E-state index in [-0.39, 0.29) is 6.01 Å². The molecular weight excluding hydrogens is 572 g/mol. The molecule has 218 valence electrons. The van der Waals surface area contributed by atoms with Crippen LogP contribution < -0.4 is 19.1 Å². The topological polar surface area (TPSA) is 69.6 Å². The summed E-state index contributed by atoms with van der Waals surface area (Å²) in [5, 5.41) is 0. The maximum atomic E-state index is 6.50. The van der Waals surface area contributed by atoms with Gasteiger partial charge in [0.2, 0.25) is 0 Å². The Morgan fingerprint density at radius 1 is 0.457 bits per heavy atom. The van der Waals surface area contributed by atoms with E-state index in [0.29, 0.717) is 28.9 Å². The Balaban J connectivity index is 1.16. The zero-order valence-corrected chi connectivity index (χ0v) is 24.4. The van der Waals surface area contributed by atoms with E-state index in [0.717, 1.165) is 50.8 Å². The predicted octanol–water partition coefficient (Wildman–Crippen LogP) is 10.3. The molecule has 0 aliphatic carbocycles. The SMILES string of the molecule is c1ccc(-c2nc(Oc3ccccc3-c3cc4c5c(c3)Oc3ccccc3N5c3ccccc3O4)nc(-c3ccccc3)n2)cc1. The van der Waals surface area contributed by atoms with Crippen molar-refractivity contribution >= 4 is 17.1 Å². The van der Waals surface area contributed by atoms with Crippen molar-refractivity contribution in [2.75, 3.05) is 4.90 Å². The minimum Gasteiger partial charge on any atom is -0.453 e. The summed E-state index contributed by atoms with van der Waals surface area (Å²) < 4.78 is 19.5. The third kappa shape index (κ3) is 4.41. The number of hydrogen-bond donors (Lipinski definition) is 0. The molecule has 2 aliphatic heterocycles. The summed E-state index contributed by atoms with van der Waals surface area (Å²) in [5.74, 6) is 4.56. The van der Waals surface area contributed by atoms with E-state index >= 15 is 0 Å². The van der Waals surface area contributed by atoms with Gasteiger partial charge >= 0.3 is 6.01 Å². The molecule has 0 saturated carbocycles. The van der Waals surface area contributed by atoms with Crippen LogP contribution in [0, 0.1) is 0 Å². The van der Waals surface area contributed by atoms with Crippen LogP contribution in [0.5, 0.6) is 34.8 Å². The van der Waals surface area contributed by atoms with E-state index < -0.39 is 0 Å². The van der Waals surface area contributed by atoms with Crippen molar-refractivity contribution in [3.63, 3.8) is 0 Å². The number of anilines is 3. The average molecular weight is 597 g/mol. The lowest BCUT2D eigenvalue weighted by molar-refractivity contribution is 0.441. The first-order valence-corrected chi connectivity index (χ1v) is 14.9. The van der Waals surface area contributed by atoms with Crippen molar-refractivity contribution in [3.8, 4) is 68.7 Å². The maximum Gasteiger partial charge on any atom is 0.326 e. The van der Waals surface area contributed by atoms with Crippen molar-refractivity contribution in [2.45, 2.75) is 0 Å². The van der Waals surface area contributed by atoms with Gasteiger partial charge in [-0.05, 0) is 48.0 Å². The zero-order valence-electron chi connectivity index (χ0n) is 24.4. The molecule has 3 heterocycles. The molecule has 2 aliphatic rings. The van der Waals surface area contributed by atoms with Crippen LogP contribution >= 0.6 is 0 Å². The highest BCUT2D eigenvalue weighted by atomic mass is 16.5. The lowest BCUT2D eigenvalue weighted by atomic mass is 10.00. The van der Waals surface area contributed by atoms with Crippen molar-refractivity contribution in [1.82, 2.24) is 15.0 Å². The van der Waals surface area contributed by atoms with Gasteiger partial charge in [-0.3, -0.25) is 4.90 Å². The highest BCUT2D eigenvalue weighted by molar-refractivity contribution is 5.95. The van der Waals surface area contributed by atoms with Gasteiger partial charge < -0.3 is 14.2 Å². The Bertz CT molecular complexity index is 2130. The summed E-state index contributed by atoms with van der Waals surface area (Å²) in [4.78, 5) is 16.4. The van der Waals surface area contributed by atoms with E-state index in [1.807, 2.05) is 133 Å². The normalized spacial score (nSPS) is 12.2. The first kappa shape index (κ1) is 26.0. The van der Waals surface area contributed by atoms with Gasteiger partial charge in [-0.2, -0.15) is 9.97 Å². The Labute approximate surface area is 265 Å². The molecule has 7 aromatic rings. The second-order valence-electron chi connectivity index (χ2n) is 10.9. The molecule has 0 fully saturated rings. The van der Waals surface area contributed by atoms with Crippen molar-refractivity contribution in [3.05, 3.63) is 146 Å². The number of para-hydroxylation sites is 5. The monoisotopic (exact) mass is 596 g/mol. The highest BCUT2D eigenvalue weighted by Crippen LogP contribution is 2.60. The molecule has 0 unspecified atom stereocenters. The Hall–Kier alpha value is -6.47. The van der Waals surface area contributed by atoms with Gasteiger partial charge in [0.05, 0.1) is 11.4 Å². The predicted molar refractivity (Wildman–Crippen MR) is 177 cm³/mol. The molecule has 9 rings (SSSR count). The van der Waals surface area contributed by atoms with Crippen LogP contribution in [-0.4, -0.2) is 15.0 Å². The smallest absolute Gasteiger partial charge is 0.326 e. The van der Waals surface area contributed by atoms with Gasteiger partial charge in [-0.25, -0.2) is 4.98 Å². The van der Waals surface area contributed by atoms with Crippen molar-refractivity contribution in [1.29, 1.82) is 0 Å². The van der Waals surface area contributed by atoms with Gasteiger partial charge in [0.15, 0.2) is 34.6 Å². The van der Waals surface area contributed by atoms with Gasteiger partial charge in [0, 0.05) is 16.7 Å². The zero-order chi connectivity index (χ0) is 30.5. The summed E-state index contributed by atoms with van der Waals surface area (Å²) in [6.45, 7) is 0. The molecule has 0 saturated heterocycles. The number of aromatic nitrogens is 3. The minimum atomic E-state index is 0.195. The van der Waals surface area contributed by atoms with Crippen LogP contribution in [0.4, 0.5) is 17.1 Å². The third-order valence-electron chi connectivity index (χ3n) is 7.99. The molecular formula is C39H24N4O3. The summed E-state index contributed by atoms with van der Waals surface area (Å²) in [5.41, 5.74) is 6.21. The van der Waals surface area contributed by atoms with Gasteiger partial charge in [-0.1, -0.05) is 103 Å². The number of ether oxygens (including phenoxy) is 3. The largest absolute Gasteiger partial charge is 0.453 e. The Kier molecular flexibility index (Phi) is 5.99. The molecule has 6 aromatic carbocycles. The first-order chi connectivity index (χ1) is 22.8. The minimum absolute atomic E-state index is 0.195. The molecule has 0 radical (unpaired) electrons.